The Morgan fingerprint density at radius 2 is 2.14 bits per heavy atom. The number of carboxylic acids is 1. The molecule has 1 aromatic heterocycles. The van der Waals surface area contributed by atoms with Crippen molar-refractivity contribution in [3.8, 4) is 0 Å². The average Bonchev–Trinajstić information content (AvgIpc) is 3.50. The zero-order valence-corrected chi connectivity index (χ0v) is 15.0. The first-order valence-corrected chi connectivity index (χ1v) is 8.45. The number of aliphatic hydroxyl groups is 1. The Hall–Kier alpha value is -3.54. The molecule has 3 rings (SSSR count). The first kappa shape index (κ1) is 20.2. The molecule has 0 unspecified atom stereocenters. The molecule has 0 radical (unpaired) electrons. The normalized spacial score (nSPS) is 14.4. The molecule has 2 aromatic rings. The number of benzene rings is 1. The number of nitrogens with one attached hydrogen (secondary N) is 1. The summed E-state index contributed by atoms with van der Waals surface area (Å²) in [7, 11) is 1.06. The van der Waals surface area contributed by atoms with E-state index >= 15 is 0 Å². The number of nitrogens with zero attached hydrogens (tertiary/aromatic N) is 2. The molecule has 11 nitrogen and oxygen atoms in total. The summed E-state index contributed by atoms with van der Waals surface area (Å²) in [6.07, 6.45) is 2.36. The van der Waals surface area contributed by atoms with Gasteiger partial charge < -0.3 is 24.8 Å². The van der Waals surface area contributed by atoms with Crippen molar-refractivity contribution in [1.29, 1.82) is 0 Å². The van der Waals surface area contributed by atoms with Crippen molar-refractivity contribution in [2.24, 2.45) is 0 Å². The lowest BCUT2D eigenvalue weighted by Gasteiger charge is -2.17. The van der Waals surface area contributed by atoms with Gasteiger partial charge in [-0.15, -0.1) is 0 Å². The number of carbonyl (C=O) groups excluding carboxylic acids is 1. The Morgan fingerprint density at radius 3 is 2.62 bits per heavy atom. The molecule has 0 saturated heterocycles. The lowest BCUT2D eigenvalue weighted by molar-refractivity contribution is -0.382. The topological polar surface area (TPSA) is 161 Å². The van der Waals surface area contributed by atoms with Gasteiger partial charge in [0.2, 0.25) is 5.43 Å². The largest absolute Gasteiger partial charge is 0.480 e. The molecular formula is C17H16FN3O8. The summed E-state index contributed by atoms with van der Waals surface area (Å²) < 4.78 is 20.6. The highest BCUT2D eigenvalue weighted by atomic mass is 19.1. The number of aliphatic carboxylic acids is 1. The molecule has 1 atom stereocenters. The molecule has 3 N–H and O–H groups in total. The van der Waals surface area contributed by atoms with Crippen LogP contribution in [0.25, 0.3) is 10.9 Å². The number of aromatic nitrogens is 1. The Labute approximate surface area is 161 Å². The second kappa shape index (κ2) is 7.47. The number of esters is 1. The highest BCUT2D eigenvalue weighted by Gasteiger charge is 2.35. The van der Waals surface area contributed by atoms with Crippen LogP contribution in [-0.4, -0.2) is 51.4 Å². The fourth-order valence-corrected chi connectivity index (χ4v) is 3.04. The number of hydrogen-bond donors (Lipinski definition) is 3. The summed E-state index contributed by atoms with van der Waals surface area (Å²) in [5, 5.41) is 31.7. The highest BCUT2D eigenvalue weighted by molar-refractivity contribution is 5.99. The van der Waals surface area contributed by atoms with E-state index in [9.17, 15) is 34.0 Å². The van der Waals surface area contributed by atoms with Gasteiger partial charge in [-0.1, -0.05) is 0 Å². The molecule has 0 aliphatic heterocycles. The maximum Gasteiger partial charge on any atom is 0.343 e. The SMILES string of the molecule is COC(=O)c1cn(C2CC2)c2c([N+](=O)[O-])c(N[C@@H](CO)C(=O)O)c(F)cc2c1=O. The quantitative estimate of drug-likeness (QED) is 0.344. The average molecular weight is 409 g/mol. The first-order chi connectivity index (χ1) is 13.7. The van der Waals surface area contributed by atoms with Gasteiger partial charge in [-0.25, -0.2) is 14.0 Å². The van der Waals surface area contributed by atoms with E-state index in [4.69, 9.17) is 5.11 Å². The van der Waals surface area contributed by atoms with Crippen molar-refractivity contribution in [1.82, 2.24) is 4.57 Å². The number of anilines is 1. The minimum atomic E-state index is -1.71. The number of hydrogen-bond acceptors (Lipinski definition) is 8. The van der Waals surface area contributed by atoms with Crippen LogP contribution < -0.4 is 10.7 Å². The van der Waals surface area contributed by atoms with E-state index in [1.807, 2.05) is 0 Å². The number of nitro groups is 1. The number of methoxy groups -OCH3 is 1. The summed E-state index contributed by atoms with van der Waals surface area (Å²) >= 11 is 0. The number of nitro benzene ring substituents is 1. The fourth-order valence-electron chi connectivity index (χ4n) is 3.04. The third kappa shape index (κ3) is 3.49. The highest BCUT2D eigenvalue weighted by Crippen LogP contribution is 2.42. The molecule has 12 heteroatoms. The van der Waals surface area contributed by atoms with Gasteiger partial charge in [0, 0.05) is 12.2 Å². The third-order valence-electron chi connectivity index (χ3n) is 4.57. The van der Waals surface area contributed by atoms with E-state index in [1.165, 1.54) is 4.57 Å². The number of pyridine rings is 1. The smallest absolute Gasteiger partial charge is 0.343 e. The minimum Gasteiger partial charge on any atom is -0.480 e. The van der Waals surface area contributed by atoms with Crippen molar-refractivity contribution >= 4 is 34.2 Å². The van der Waals surface area contributed by atoms with Crippen molar-refractivity contribution in [2.45, 2.75) is 24.9 Å². The molecule has 0 amide bonds. The van der Waals surface area contributed by atoms with Gasteiger partial charge in [0.1, 0.15) is 17.1 Å². The second-order valence-electron chi connectivity index (χ2n) is 6.45. The van der Waals surface area contributed by atoms with Crippen LogP contribution in [0.15, 0.2) is 17.1 Å². The Bertz CT molecular complexity index is 1090. The molecular weight excluding hydrogens is 393 g/mol. The first-order valence-electron chi connectivity index (χ1n) is 8.45. The number of fused-ring (bicyclic) bond motifs is 1. The molecule has 1 aliphatic carbocycles. The predicted molar refractivity (Wildman–Crippen MR) is 96.6 cm³/mol. The third-order valence-corrected chi connectivity index (χ3v) is 4.57. The van der Waals surface area contributed by atoms with Crippen LogP contribution in [0.5, 0.6) is 0 Å². The van der Waals surface area contributed by atoms with Gasteiger partial charge in [-0.2, -0.15) is 0 Å². The molecule has 1 fully saturated rings. The monoisotopic (exact) mass is 409 g/mol. The maximum absolute atomic E-state index is 14.7. The van der Waals surface area contributed by atoms with E-state index in [2.05, 4.69) is 10.1 Å². The molecule has 1 saturated carbocycles. The van der Waals surface area contributed by atoms with Gasteiger partial charge in [0.15, 0.2) is 11.5 Å². The lowest BCUT2D eigenvalue weighted by atomic mass is 10.1. The zero-order chi connectivity index (χ0) is 21.5. The van der Waals surface area contributed by atoms with Gasteiger partial charge in [-0.05, 0) is 18.9 Å². The molecule has 1 heterocycles. The predicted octanol–water partition coefficient (Wildman–Crippen LogP) is 1.03. The molecule has 29 heavy (non-hydrogen) atoms. The van der Waals surface area contributed by atoms with Gasteiger partial charge in [0.05, 0.1) is 24.0 Å². The Morgan fingerprint density at radius 1 is 1.48 bits per heavy atom. The minimum absolute atomic E-state index is 0.249. The van der Waals surface area contributed by atoms with Gasteiger partial charge in [-0.3, -0.25) is 14.9 Å². The summed E-state index contributed by atoms with van der Waals surface area (Å²) in [5.74, 6) is -3.80. The van der Waals surface area contributed by atoms with Crippen LogP contribution in [0, 0.1) is 15.9 Å². The number of aliphatic hydroxyl groups excluding tert-OH is 1. The van der Waals surface area contributed by atoms with E-state index in [0.717, 1.165) is 13.3 Å². The zero-order valence-electron chi connectivity index (χ0n) is 15.0. The second-order valence-corrected chi connectivity index (χ2v) is 6.45. The molecule has 1 aromatic carbocycles. The van der Waals surface area contributed by atoms with Crippen LogP contribution in [0.1, 0.15) is 29.2 Å². The number of carboxylic acid groups (broad SMARTS) is 1. The lowest BCUT2D eigenvalue weighted by Crippen LogP contribution is -2.33. The van der Waals surface area contributed by atoms with Crippen LogP contribution in [-0.2, 0) is 9.53 Å². The van der Waals surface area contributed by atoms with Crippen molar-refractivity contribution in [2.75, 3.05) is 19.0 Å². The van der Waals surface area contributed by atoms with Crippen molar-refractivity contribution < 1.29 is 33.9 Å². The summed E-state index contributed by atoms with van der Waals surface area (Å²) in [4.78, 5) is 46.6. The number of halogens is 1. The van der Waals surface area contributed by atoms with Crippen molar-refractivity contribution in [3.63, 3.8) is 0 Å². The van der Waals surface area contributed by atoms with Gasteiger partial charge >= 0.3 is 17.6 Å². The summed E-state index contributed by atoms with van der Waals surface area (Å²) in [6, 6.07) is -1.27. The van der Waals surface area contributed by atoms with E-state index in [0.29, 0.717) is 18.9 Å². The Balaban J connectivity index is 2.40. The fraction of sp³-hybridized carbons (Fsp3) is 0.353. The Kier molecular flexibility index (Phi) is 5.20. The maximum atomic E-state index is 14.7. The van der Waals surface area contributed by atoms with Crippen LogP contribution in [0.4, 0.5) is 15.8 Å². The van der Waals surface area contributed by atoms with Crippen LogP contribution >= 0.6 is 0 Å². The number of rotatable bonds is 7. The number of carbonyl (C=O) groups is 2. The summed E-state index contributed by atoms with van der Waals surface area (Å²) in [5.41, 5.74) is -3.24. The number of ether oxygens (including phenoxy) is 1. The molecule has 1 aliphatic rings. The van der Waals surface area contributed by atoms with Gasteiger partial charge in [0.25, 0.3) is 0 Å². The van der Waals surface area contributed by atoms with Crippen molar-refractivity contribution in [3.05, 3.63) is 44.0 Å². The van der Waals surface area contributed by atoms with E-state index < -0.39 is 63.1 Å². The molecule has 0 spiro atoms. The van der Waals surface area contributed by atoms with E-state index in [-0.39, 0.29) is 11.6 Å². The molecule has 0 bridgehead atoms. The van der Waals surface area contributed by atoms with Crippen LogP contribution in [0.3, 0.4) is 0 Å². The molecule has 154 valence electrons. The van der Waals surface area contributed by atoms with E-state index in [1.54, 1.807) is 0 Å². The summed E-state index contributed by atoms with van der Waals surface area (Å²) in [6.45, 7) is -0.958. The van der Waals surface area contributed by atoms with Crippen LogP contribution in [0.2, 0.25) is 0 Å². The standard InChI is InChI=1S/C17H16FN3O8/c1-29-17(26)9-5-20(7-2-3-7)13-8(15(9)23)4-10(18)12(14(13)21(27)28)19-11(6-22)16(24)25/h4-5,7,11,19,22H,2-3,6H2,1H3,(H,24,25)/t11-/m0/s1.